The van der Waals surface area contributed by atoms with Crippen molar-refractivity contribution in [1.82, 2.24) is 4.90 Å². The van der Waals surface area contributed by atoms with E-state index in [4.69, 9.17) is 11.6 Å². The molecule has 2 rings (SSSR count). The summed E-state index contributed by atoms with van der Waals surface area (Å²) >= 11 is 6.23. The van der Waals surface area contributed by atoms with E-state index in [1.807, 2.05) is 0 Å². The van der Waals surface area contributed by atoms with Crippen molar-refractivity contribution in [1.29, 1.82) is 0 Å². The Morgan fingerprint density at radius 1 is 1.13 bits per heavy atom. The number of hydrogen-bond donors (Lipinski definition) is 0. The van der Waals surface area contributed by atoms with Crippen molar-refractivity contribution < 1.29 is 0 Å². The second-order valence-electron chi connectivity index (χ2n) is 5.61. The highest BCUT2D eigenvalue weighted by molar-refractivity contribution is 6.20. The number of rotatable bonds is 2. The molecule has 2 unspecified atom stereocenters. The molecule has 0 amide bonds. The third kappa shape index (κ3) is 3.64. The topological polar surface area (TPSA) is 3.24 Å². The van der Waals surface area contributed by atoms with Crippen LogP contribution >= 0.6 is 11.6 Å². The zero-order valence-corrected chi connectivity index (χ0v) is 10.7. The maximum atomic E-state index is 6.23. The average Bonchev–Trinajstić information content (AvgIpc) is 2.22. The molecule has 0 bridgehead atoms. The van der Waals surface area contributed by atoms with Crippen LogP contribution < -0.4 is 0 Å². The summed E-state index contributed by atoms with van der Waals surface area (Å²) in [5, 5.41) is 0.465. The van der Waals surface area contributed by atoms with Gasteiger partial charge in [-0.15, -0.1) is 11.6 Å². The first kappa shape index (κ1) is 11.7. The molecule has 2 fully saturated rings. The molecule has 1 heterocycles. The van der Waals surface area contributed by atoms with Gasteiger partial charge in [-0.3, -0.25) is 0 Å². The van der Waals surface area contributed by atoms with Crippen LogP contribution in [0.2, 0.25) is 0 Å². The lowest BCUT2D eigenvalue weighted by molar-refractivity contribution is 0.152. The lowest BCUT2D eigenvalue weighted by Gasteiger charge is -2.35. The van der Waals surface area contributed by atoms with Crippen LogP contribution in [0.15, 0.2) is 0 Å². The van der Waals surface area contributed by atoms with E-state index >= 15 is 0 Å². The van der Waals surface area contributed by atoms with Gasteiger partial charge < -0.3 is 4.90 Å². The number of nitrogens with zero attached hydrogens (tertiary/aromatic N) is 1. The maximum absolute atomic E-state index is 6.23. The van der Waals surface area contributed by atoms with Crippen LogP contribution in [-0.4, -0.2) is 29.9 Å². The Labute approximate surface area is 99.2 Å². The molecule has 15 heavy (non-hydrogen) atoms. The zero-order valence-electron chi connectivity index (χ0n) is 9.92. The van der Waals surface area contributed by atoms with Crippen molar-refractivity contribution in [2.24, 2.45) is 11.8 Å². The van der Waals surface area contributed by atoms with Gasteiger partial charge in [-0.2, -0.15) is 0 Å². The minimum absolute atomic E-state index is 0.465. The van der Waals surface area contributed by atoms with E-state index < -0.39 is 0 Å². The summed E-state index contributed by atoms with van der Waals surface area (Å²) in [4.78, 5) is 2.67. The van der Waals surface area contributed by atoms with Crippen LogP contribution in [0.3, 0.4) is 0 Å². The van der Waals surface area contributed by atoms with E-state index in [1.165, 1.54) is 58.2 Å². The summed E-state index contributed by atoms with van der Waals surface area (Å²) in [5.74, 6) is 1.84. The summed E-state index contributed by atoms with van der Waals surface area (Å²) in [5.41, 5.74) is 0. The normalized spacial score (nSPS) is 35.6. The second kappa shape index (κ2) is 5.54. The quantitative estimate of drug-likeness (QED) is 0.655. The summed E-state index contributed by atoms with van der Waals surface area (Å²) in [7, 11) is 0. The van der Waals surface area contributed by atoms with Crippen LogP contribution in [0.5, 0.6) is 0 Å². The predicted octanol–water partition coefficient (Wildman–Crippen LogP) is 3.52. The molecule has 0 aromatic rings. The van der Waals surface area contributed by atoms with Gasteiger partial charge in [0.1, 0.15) is 0 Å². The van der Waals surface area contributed by atoms with Crippen molar-refractivity contribution in [3.05, 3.63) is 0 Å². The van der Waals surface area contributed by atoms with E-state index in [0.717, 1.165) is 11.8 Å². The highest BCUT2D eigenvalue weighted by atomic mass is 35.5. The van der Waals surface area contributed by atoms with Crippen molar-refractivity contribution >= 4 is 11.6 Å². The van der Waals surface area contributed by atoms with Crippen LogP contribution in [0.4, 0.5) is 0 Å². The summed E-state index contributed by atoms with van der Waals surface area (Å²) < 4.78 is 0. The Balaban J connectivity index is 1.71. The van der Waals surface area contributed by atoms with Gasteiger partial charge in [-0.1, -0.05) is 13.3 Å². The minimum Gasteiger partial charge on any atom is -0.303 e. The molecular formula is C13H24ClN. The highest BCUT2D eigenvalue weighted by Gasteiger charge is 2.24. The smallest absolute Gasteiger partial charge is 0.0339 e. The van der Waals surface area contributed by atoms with Crippen LogP contribution in [-0.2, 0) is 0 Å². The molecule has 0 N–H and O–H groups in total. The Bertz CT molecular complexity index is 187. The predicted molar refractivity (Wildman–Crippen MR) is 66.4 cm³/mol. The molecule has 1 aliphatic heterocycles. The average molecular weight is 230 g/mol. The van der Waals surface area contributed by atoms with E-state index in [-0.39, 0.29) is 0 Å². The fraction of sp³-hybridized carbons (Fsp3) is 1.00. The van der Waals surface area contributed by atoms with Gasteiger partial charge in [-0.25, -0.2) is 0 Å². The molecule has 2 atom stereocenters. The molecule has 0 aromatic heterocycles. The van der Waals surface area contributed by atoms with E-state index in [9.17, 15) is 0 Å². The maximum Gasteiger partial charge on any atom is 0.0339 e. The molecule has 1 aliphatic carbocycles. The highest BCUT2D eigenvalue weighted by Crippen LogP contribution is 2.29. The third-order valence-corrected chi connectivity index (χ3v) is 4.51. The molecule has 1 saturated carbocycles. The van der Waals surface area contributed by atoms with Crippen LogP contribution in [0.25, 0.3) is 0 Å². The van der Waals surface area contributed by atoms with Gasteiger partial charge >= 0.3 is 0 Å². The lowest BCUT2D eigenvalue weighted by Crippen LogP contribution is -2.37. The molecule has 1 nitrogen and oxygen atoms in total. The van der Waals surface area contributed by atoms with Gasteiger partial charge in [-0.05, 0) is 57.0 Å². The molecule has 2 aliphatic rings. The molecule has 0 aromatic carbocycles. The SMILES string of the molecule is CC1CCN(CC2CCCC(Cl)C2)CC1. The molecule has 1 saturated heterocycles. The lowest BCUT2D eigenvalue weighted by atomic mass is 9.87. The molecular weight excluding hydrogens is 206 g/mol. The van der Waals surface area contributed by atoms with Gasteiger partial charge in [0.15, 0.2) is 0 Å². The standard InChI is InChI=1S/C13H24ClN/c1-11-5-7-15(8-6-11)10-12-3-2-4-13(14)9-12/h11-13H,2-10H2,1H3. The molecule has 88 valence electrons. The number of likely N-dealkylation sites (tertiary alicyclic amines) is 1. The van der Waals surface area contributed by atoms with E-state index in [0.29, 0.717) is 5.38 Å². The van der Waals surface area contributed by atoms with Crippen molar-refractivity contribution in [3.63, 3.8) is 0 Å². The molecule has 0 radical (unpaired) electrons. The van der Waals surface area contributed by atoms with Crippen molar-refractivity contribution in [3.8, 4) is 0 Å². The number of hydrogen-bond acceptors (Lipinski definition) is 1. The second-order valence-corrected chi connectivity index (χ2v) is 6.23. The first-order valence-electron chi connectivity index (χ1n) is 6.60. The first-order chi connectivity index (χ1) is 7.24. The first-order valence-corrected chi connectivity index (χ1v) is 7.04. The minimum atomic E-state index is 0.465. The van der Waals surface area contributed by atoms with E-state index in [2.05, 4.69) is 11.8 Å². The fourth-order valence-electron chi connectivity index (χ4n) is 3.00. The summed E-state index contributed by atoms with van der Waals surface area (Å²) in [6.45, 7) is 6.35. The van der Waals surface area contributed by atoms with Gasteiger partial charge in [0.25, 0.3) is 0 Å². The van der Waals surface area contributed by atoms with Gasteiger partial charge in [0, 0.05) is 11.9 Å². The zero-order chi connectivity index (χ0) is 10.7. The Morgan fingerprint density at radius 2 is 1.87 bits per heavy atom. The van der Waals surface area contributed by atoms with Crippen molar-refractivity contribution in [2.75, 3.05) is 19.6 Å². The summed E-state index contributed by atoms with van der Waals surface area (Å²) in [6.07, 6.45) is 8.06. The number of piperidine rings is 1. The van der Waals surface area contributed by atoms with E-state index in [1.54, 1.807) is 0 Å². The van der Waals surface area contributed by atoms with Gasteiger partial charge in [0.05, 0.1) is 0 Å². The van der Waals surface area contributed by atoms with Crippen LogP contribution in [0, 0.1) is 11.8 Å². The largest absolute Gasteiger partial charge is 0.303 e. The third-order valence-electron chi connectivity index (χ3n) is 4.11. The van der Waals surface area contributed by atoms with Gasteiger partial charge in [0.2, 0.25) is 0 Å². The number of halogens is 1. The Kier molecular flexibility index (Phi) is 4.33. The monoisotopic (exact) mass is 229 g/mol. The van der Waals surface area contributed by atoms with Crippen LogP contribution in [0.1, 0.15) is 45.4 Å². The summed E-state index contributed by atoms with van der Waals surface area (Å²) in [6, 6.07) is 0. The molecule has 0 spiro atoms. The Hall–Kier alpha value is 0.250. The number of alkyl halides is 1. The molecule has 2 heteroatoms. The van der Waals surface area contributed by atoms with Crippen molar-refractivity contribution in [2.45, 2.75) is 50.8 Å². The Morgan fingerprint density at radius 3 is 2.53 bits per heavy atom. The fourth-order valence-corrected chi connectivity index (χ4v) is 3.41.